The molecule has 0 amide bonds. The third kappa shape index (κ3) is 2.40. The maximum atomic E-state index is 7.99. The Labute approximate surface area is 115 Å². The molecule has 2 aliphatic rings. The second-order valence-corrected chi connectivity index (χ2v) is 5.83. The predicted molar refractivity (Wildman–Crippen MR) is 78.2 cm³/mol. The number of rotatable bonds is 2. The normalized spacial score (nSPS) is 26.8. The first-order valence-corrected chi connectivity index (χ1v) is 6.49. The number of allylic oxidation sites excluding steroid dienone is 5. The highest BCUT2D eigenvalue weighted by Crippen LogP contribution is 2.40. The molecular weight excluding hydrogens is 239 g/mol. The molecule has 0 spiro atoms. The predicted octanol–water partition coefficient (Wildman–Crippen LogP) is 2.24. The molecule has 0 bridgehead atoms. The van der Waals surface area contributed by atoms with Gasteiger partial charge in [-0.3, -0.25) is 0 Å². The minimum absolute atomic E-state index is 0.368. The van der Waals surface area contributed by atoms with Gasteiger partial charge in [0.2, 0.25) is 0 Å². The first-order valence-electron chi connectivity index (χ1n) is 6.49. The van der Waals surface area contributed by atoms with Crippen LogP contribution in [0.25, 0.3) is 0 Å². The van der Waals surface area contributed by atoms with E-state index < -0.39 is 7.12 Å². The van der Waals surface area contributed by atoms with Crippen molar-refractivity contribution in [2.75, 3.05) is 7.05 Å². The zero-order chi connectivity index (χ0) is 14.3. The summed E-state index contributed by atoms with van der Waals surface area (Å²) >= 11 is 0. The molecule has 0 atom stereocenters. The Bertz CT molecular complexity index is 474. The van der Waals surface area contributed by atoms with Gasteiger partial charge in [-0.15, -0.1) is 0 Å². The number of hydrogen-bond donors (Lipinski definition) is 2. The lowest BCUT2D eigenvalue weighted by Gasteiger charge is -2.32. The van der Waals surface area contributed by atoms with Crippen LogP contribution in [0.2, 0.25) is 0 Å². The largest absolute Gasteiger partial charge is 0.495 e. The van der Waals surface area contributed by atoms with Gasteiger partial charge in [0.1, 0.15) is 0 Å². The van der Waals surface area contributed by atoms with Gasteiger partial charge in [0.15, 0.2) is 0 Å². The molecule has 5 heteroatoms. The third-order valence-electron chi connectivity index (χ3n) is 3.94. The van der Waals surface area contributed by atoms with E-state index in [4.69, 9.17) is 14.7 Å². The molecule has 2 rings (SSSR count). The molecule has 102 valence electrons. The van der Waals surface area contributed by atoms with Crippen molar-refractivity contribution in [3.05, 3.63) is 35.5 Å². The van der Waals surface area contributed by atoms with Crippen LogP contribution < -0.4 is 5.32 Å². The van der Waals surface area contributed by atoms with Crippen molar-refractivity contribution in [1.82, 2.24) is 5.32 Å². The lowest BCUT2D eigenvalue weighted by Crippen LogP contribution is -2.41. The van der Waals surface area contributed by atoms with Crippen LogP contribution in [-0.2, 0) is 9.31 Å². The molecule has 0 unspecified atom stereocenters. The van der Waals surface area contributed by atoms with Crippen LogP contribution in [0.1, 0.15) is 27.7 Å². The van der Waals surface area contributed by atoms with E-state index in [-0.39, 0.29) is 11.2 Å². The van der Waals surface area contributed by atoms with E-state index >= 15 is 0 Å². The van der Waals surface area contributed by atoms with Crippen molar-refractivity contribution >= 4 is 12.8 Å². The second kappa shape index (κ2) is 4.65. The van der Waals surface area contributed by atoms with Crippen LogP contribution in [0.4, 0.5) is 0 Å². The molecule has 1 fully saturated rings. The molecule has 1 heterocycles. The molecule has 0 aromatic rings. The molecular formula is C14H21BN2O2. The second-order valence-electron chi connectivity index (χ2n) is 5.83. The van der Waals surface area contributed by atoms with Gasteiger partial charge in [0.05, 0.1) is 16.9 Å². The van der Waals surface area contributed by atoms with Gasteiger partial charge in [-0.2, -0.15) is 0 Å². The summed E-state index contributed by atoms with van der Waals surface area (Å²) in [5, 5.41) is 11.0. The van der Waals surface area contributed by atoms with Crippen LogP contribution in [0.5, 0.6) is 0 Å². The molecule has 1 aliphatic carbocycles. The summed E-state index contributed by atoms with van der Waals surface area (Å²) < 4.78 is 12.1. The van der Waals surface area contributed by atoms with Gasteiger partial charge in [-0.25, -0.2) is 0 Å². The van der Waals surface area contributed by atoms with E-state index in [2.05, 4.69) is 5.32 Å². The first kappa shape index (κ1) is 14.1. The molecule has 0 aromatic carbocycles. The van der Waals surface area contributed by atoms with E-state index in [0.29, 0.717) is 5.71 Å². The number of nitrogens with one attached hydrogen (secondary N) is 2. The quantitative estimate of drug-likeness (QED) is 0.748. The monoisotopic (exact) mass is 260 g/mol. The Balaban J connectivity index is 2.33. The minimum atomic E-state index is -0.435. The molecule has 0 aromatic heterocycles. The van der Waals surface area contributed by atoms with E-state index in [9.17, 15) is 0 Å². The van der Waals surface area contributed by atoms with Crippen molar-refractivity contribution in [3.63, 3.8) is 0 Å². The third-order valence-corrected chi connectivity index (χ3v) is 3.94. The Hall–Kier alpha value is -1.33. The summed E-state index contributed by atoms with van der Waals surface area (Å²) in [4.78, 5) is 0. The summed E-state index contributed by atoms with van der Waals surface area (Å²) in [7, 11) is 1.38. The molecule has 1 saturated heterocycles. The van der Waals surface area contributed by atoms with Gasteiger partial charge in [-0.05, 0) is 39.2 Å². The zero-order valence-corrected chi connectivity index (χ0v) is 12.2. The molecule has 4 nitrogen and oxygen atoms in total. The van der Waals surface area contributed by atoms with E-state index in [1.54, 1.807) is 6.08 Å². The SMILES string of the molecule is CN/C=C1\C(=N)C=CC=C1B1OC(C)(C)C(C)(C)O1. The minimum Gasteiger partial charge on any atom is -0.399 e. The van der Waals surface area contributed by atoms with Crippen molar-refractivity contribution in [1.29, 1.82) is 5.41 Å². The van der Waals surface area contributed by atoms with Crippen molar-refractivity contribution in [2.45, 2.75) is 38.9 Å². The van der Waals surface area contributed by atoms with Crippen LogP contribution in [-0.4, -0.2) is 31.1 Å². The van der Waals surface area contributed by atoms with Gasteiger partial charge in [0, 0.05) is 18.8 Å². The first-order chi connectivity index (χ1) is 8.78. The summed E-state index contributed by atoms with van der Waals surface area (Å²) in [6, 6.07) is 0. The summed E-state index contributed by atoms with van der Waals surface area (Å²) in [5.41, 5.74) is 1.42. The van der Waals surface area contributed by atoms with Gasteiger partial charge >= 0.3 is 7.12 Å². The van der Waals surface area contributed by atoms with Crippen LogP contribution >= 0.6 is 0 Å². The van der Waals surface area contributed by atoms with Gasteiger partial charge in [0.25, 0.3) is 0 Å². The molecule has 0 radical (unpaired) electrons. The average molecular weight is 260 g/mol. The van der Waals surface area contributed by atoms with E-state index in [0.717, 1.165) is 11.0 Å². The van der Waals surface area contributed by atoms with Crippen LogP contribution in [0.15, 0.2) is 35.5 Å². The van der Waals surface area contributed by atoms with Crippen LogP contribution in [0, 0.1) is 5.41 Å². The average Bonchev–Trinajstić information content (AvgIpc) is 2.51. The maximum Gasteiger partial charge on any atom is 0.495 e. The Morgan fingerprint density at radius 1 is 1.21 bits per heavy atom. The fourth-order valence-electron chi connectivity index (χ4n) is 2.06. The molecule has 0 saturated carbocycles. The van der Waals surface area contributed by atoms with Gasteiger partial charge in [-0.1, -0.05) is 12.2 Å². The fraction of sp³-hybridized carbons (Fsp3) is 0.500. The molecule has 19 heavy (non-hydrogen) atoms. The Morgan fingerprint density at radius 2 is 1.79 bits per heavy atom. The van der Waals surface area contributed by atoms with E-state index in [1.165, 1.54) is 0 Å². The fourth-order valence-corrected chi connectivity index (χ4v) is 2.06. The summed E-state index contributed by atoms with van der Waals surface area (Å²) in [6.45, 7) is 8.11. The van der Waals surface area contributed by atoms with Crippen molar-refractivity contribution in [3.8, 4) is 0 Å². The highest BCUT2D eigenvalue weighted by molar-refractivity contribution is 6.58. The molecule has 2 N–H and O–H groups in total. The van der Waals surface area contributed by atoms with Crippen molar-refractivity contribution in [2.24, 2.45) is 0 Å². The zero-order valence-electron chi connectivity index (χ0n) is 12.2. The standard InChI is InChI=1S/C14H21BN2O2/c1-13(2)14(3,4)19-15(18-13)11-7-6-8-12(16)10(11)9-17-5/h6-9,16-17H,1-5H3/b10-9-,16-12?. The Kier molecular flexibility index (Phi) is 3.45. The molecule has 1 aliphatic heterocycles. The topological polar surface area (TPSA) is 54.3 Å². The smallest absolute Gasteiger partial charge is 0.399 e. The highest BCUT2D eigenvalue weighted by atomic mass is 16.7. The number of hydrogen-bond acceptors (Lipinski definition) is 4. The lowest BCUT2D eigenvalue weighted by atomic mass is 9.71. The highest BCUT2D eigenvalue weighted by Gasteiger charge is 2.53. The lowest BCUT2D eigenvalue weighted by molar-refractivity contribution is 0.00578. The van der Waals surface area contributed by atoms with Crippen molar-refractivity contribution < 1.29 is 9.31 Å². The van der Waals surface area contributed by atoms with Gasteiger partial charge < -0.3 is 20.0 Å². The maximum absolute atomic E-state index is 7.99. The Morgan fingerprint density at radius 3 is 2.32 bits per heavy atom. The summed E-state index contributed by atoms with van der Waals surface area (Å²) in [6.07, 6.45) is 7.37. The summed E-state index contributed by atoms with van der Waals surface area (Å²) in [5.74, 6) is 0. The van der Waals surface area contributed by atoms with E-state index in [1.807, 2.05) is 53.1 Å². The van der Waals surface area contributed by atoms with Crippen LogP contribution in [0.3, 0.4) is 0 Å².